The molecule has 0 bridgehead atoms. The van der Waals surface area contributed by atoms with Gasteiger partial charge in [-0.05, 0) is 50.6 Å². The average Bonchev–Trinajstić information content (AvgIpc) is 3.05. The van der Waals surface area contributed by atoms with Gasteiger partial charge in [-0.2, -0.15) is 10.5 Å². The fourth-order valence-corrected chi connectivity index (χ4v) is 4.34. The van der Waals surface area contributed by atoms with Gasteiger partial charge >= 0.3 is 0 Å². The standard InChI is InChI=1S/C22H24N6O2S/c1-2-28-21(30)19(31-22(28)18(14-24)20(29)25-9-8-23)15-26-17-6-3-5-16(13-17)7-12-27-10-4-11-27/h3,5-6,13,15,26H,2,4,7,9-12H2,1H3,(H,25,29). The van der Waals surface area contributed by atoms with Crippen molar-refractivity contribution < 1.29 is 4.79 Å². The van der Waals surface area contributed by atoms with Crippen molar-refractivity contribution in [1.29, 1.82) is 10.5 Å². The minimum atomic E-state index is -0.665. The lowest BCUT2D eigenvalue weighted by Gasteiger charge is -2.30. The fraction of sp³-hybridized carbons (Fsp3) is 0.364. The number of nitriles is 2. The number of nitrogens with one attached hydrogen (secondary N) is 2. The van der Waals surface area contributed by atoms with Gasteiger partial charge in [0.2, 0.25) is 0 Å². The third-order valence-corrected chi connectivity index (χ3v) is 6.20. The van der Waals surface area contributed by atoms with Crippen molar-refractivity contribution in [1.82, 2.24) is 14.8 Å². The van der Waals surface area contributed by atoms with Crippen LogP contribution in [-0.2, 0) is 17.8 Å². The summed E-state index contributed by atoms with van der Waals surface area (Å²) in [4.78, 5) is 27.4. The van der Waals surface area contributed by atoms with Crippen molar-refractivity contribution in [2.24, 2.45) is 0 Å². The molecule has 1 fully saturated rings. The predicted octanol–water partition coefficient (Wildman–Crippen LogP) is 0.342. The Morgan fingerprint density at radius 3 is 2.77 bits per heavy atom. The van der Waals surface area contributed by atoms with Gasteiger partial charge in [-0.3, -0.25) is 14.2 Å². The van der Waals surface area contributed by atoms with Gasteiger partial charge in [0.1, 0.15) is 21.8 Å². The first kappa shape index (κ1) is 22.3. The van der Waals surface area contributed by atoms with Crippen LogP contribution >= 0.6 is 11.3 Å². The molecule has 1 saturated heterocycles. The molecule has 1 amide bonds. The summed E-state index contributed by atoms with van der Waals surface area (Å²) in [5.74, 6) is -0.665. The summed E-state index contributed by atoms with van der Waals surface area (Å²) in [6.45, 7) is 5.28. The van der Waals surface area contributed by atoms with Crippen LogP contribution in [0.25, 0.3) is 11.8 Å². The molecule has 0 aliphatic carbocycles. The van der Waals surface area contributed by atoms with Gasteiger partial charge < -0.3 is 15.5 Å². The van der Waals surface area contributed by atoms with Gasteiger partial charge in [-0.1, -0.05) is 12.1 Å². The molecule has 0 unspecified atom stereocenters. The number of carbonyl (C=O) groups is 1. The lowest BCUT2D eigenvalue weighted by atomic mass is 10.1. The average molecular weight is 437 g/mol. The molecule has 1 aliphatic rings. The highest BCUT2D eigenvalue weighted by Gasteiger charge is 2.15. The number of anilines is 1. The van der Waals surface area contributed by atoms with Crippen molar-refractivity contribution in [2.75, 3.05) is 31.5 Å². The van der Waals surface area contributed by atoms with E-state index in [9.17, 15) is 14.9 Å². The fourth-order valence-electron chi connectivity index (χ4n) is 3.25. The number of rotatable bonds is 8. The Kier molecular flexibility index (Phi) is 7.60. The Morgan fingerprint density at radius 1 is 1.32 bits per heavy atom. The van der Waals surface area contributed by atoms with Crippen LogP contribution in [0.3, 0.4) is 0 Å². The number of thiazole rings is 1. The Morgan fingerprint density at radius 2 is 2.13 bits per heavy atom. The van der Waals surface area contributed by atoms with Crippen LogP contribution in [0.4, 0.5) is 5.69 Å². The second-order valence-electron chi connectivity index (χ2n) is 7.08. The molecule has 0 spiro atoms. The maximum Gasteiger partial charge on any atom is 0.270 e. The molecule has 1 aliphatic heterocycles. The molecule has 2 aromatic rings. The van der Waals surface area contributed by atoms with E-state index in [0.29, 0.717) is 11.1 Å². The van der Waals surface area contributed by atoms with E-state index in [0.717, 1.165) is 30.0 Å². The number of benzene rings is 1. The molecular formula is C22H24N6O2S. The highest BCUT2D eigenvalue weighted by Crippen LogP contribution is 2.13. The molecule has 2 heterocycles. The molecule has 3 rings (SSSR count). The predicted molar refractivity (Wildman–Crippen MR) is 120 cm³/mol. The van der Waals surface area contributed by atoms with Gasteiger partial charge in [-0.15, -0.1) is 11.3 Å². The minimum absolute atomic E-state index is 0.174. The number of carbonyl (C=O) groups excluding carboxylic acids is 1. The van der Waals surface area contributed by atoms with E-state index < -0.39 is 5.91 Å². The van der Waals surface area contributed by atoms with Gasteiger partial charge in [0, 0.05) is 25.0 Å². The maximum atomic E-state index is 12.8. The highest BCUT2D eigenvalue weighted by atomic mass is 32.1. The molecule has 9 heteroatoms. The third-order valence-electron chi connectivity index (χ3n) is 5.07. The van der Waals surface area contributed by atoms with Crippen LogP contribution in [-0.4, -0.2) is 41.6 Å². The monoisotopic (exact) mass is 436 g/mol. The van der Waals surface area contributed by atoms with Crippen LogP contribution in [0, 0.1) is 22.7 Å². The minimum Gasteiger partial charge on any atom is -0.360 e. The Labute approximate surface area is 184 Å². The molecule has 2 N–H and O–H groups in total. The van der Waals surface area contributed by atoms with E-state index in [-0.39, 0.29) is 22.3 Å². The summed E-state index contributed by atoms with van der Waals surface area (Å²) in [5.41, 5.74) is 1.64. The summed E-state index contributed by atoms with van der Waals surface area (Å²) < 4.78 is 2.07. The summed E-state index contributed by atoms with van der Waals surface area (Å²) >= 11 is 1.08. The number of amides is 1. The van der Waals surface area contributed by atoms with Gasteiger partial charge in [0.25, 0.3) is 11.5 Å². The maximum absolute atomic E-state index is 12.8. The lowest BCUT2D eigenvalue weighted by molar-refractivity contribution is -0.115. The number of nitrogens with zero attached hydrogens (tertiary/aromatic N) is 4. The summed E-state index contributed by atoms with van der Waals surface area (Å²) in [5, 5.41) is 23.6. The summed E-state index contributed by atoms with van der Waals surface area (Å²) in [6.07, 6.45) is 3.86. The van der Waals surface area contributed by atoms with E-state index in [2.05, 4.69) is 27.7 Å². The van der Waals surface area contributed by atoms with Gasteiger partial charge in [0.05, 0.1) is 6.07 Å². The Bertz CT molecular complexity index is 1210. The normalized spacial score (nSPS) is 14.9. The van der Waals surface area contributed by atoms with E-state index in [4.69, 9.17) is 5.26 Å². The van der Waals surface area contributed by atoms with Gasteiger partial charge in [-0.25, -0.2) is 0 Å². The van der Waals surface area contributed by atoms with E-state index >= 15 is 0 Å². The largest absolute Gasteiger partial charge is 0.360 e. The molecule has 0 atom stereocenters. The summed E-state index contributed by atoms with van der Waals surface area (Å²) in [7, 11) is 0. The van der Waals surface area contributed by atoms with Crippen LogP contribution in [0.5, 0.6) is 0 Å². The molecule has 1 aromatic heterocycles. The zero-order valence-electron chi connectivity index (χ0n) is 17.4. The quantitative estimate of drug-likeness (QED) is 0.577. The molecule has 31 heavy (non-hydrogen) atoms. The first-order valence-corrected chi connectivity index (χ1v) is 11.0. The molecule has 0 radical (unpaired) electrons. The third kappa shape index (κ3) is 5.40. The molecule has 160 valence electrons. The van der Waals surface area contributed by atoms with Crippen molar-refractivity contribution in [2.45, 2.75) is 26.3 Å². The summed E-state index contributed by atoms with van der Waals surface area (Å²) in [6, 6.07) is 11.7. The number of hydrogen-bond donors (Lipinski definition) is 2. The Hall–Kier alpha value is -3.40. The Balaban J connectivity index is 1.87. The van der Waals surface area contributed by atoms with E-state index in [1.807, 2.05) is 18.2 Å². The van der Waals surface area contributed by atoms with Crippen LogP contribution in [0.15, 0.2) is 29.1 Å². The number of aromatic nitrogens is 1. The van der Waals surface area contributed by atoms with Crippen molar-refractivity contribution in [3.8, 4) is 12.1 Å². The highest BCUT2D eigenvalue weighted by molar-refractivity contribution is 7.07. The SMILES string of the molecule is CCn1c(=C(C#N)C(=O)NCC#N)sc(=CNc2cccc(CCN3CCC3)c2)c1=O. The van der Waals surface area contributed by atoms with Crippen LogP contribution < -0.4 is 25.4 Å². The molecule has 8 nitrogen and oxygen atoms in total. The molecule has 1 aromatic carbocycles. The zero-order valence-corrected chi connectivity index (χ0v) is 18.2. The topological polar surface area (TPSA) is 114 Å². The van der Waals surface area contributed by atoms with Crippen molar-refractivity contribution >= 4 is 34.7 Å². The van der Waals surface area contributed by atoms with E-state index in [1.165, 1.54) is 29.6 Å². The molecule has 0 saturated carbocycles. The first-order valence-electron chi connectivity index (χ1n) is 10.1. The van der Waals surface area contributed by atoms with Gasteiger partial charge in [0.15, 0.2) is 5.57 Å². The first-order chi connectivity index (χ1) is 15.1. The smallest absolute Gasteiger partial charge is 0.270 e. The number of likely N-dealkylation sites (tertiary alicyclic amines) is 1. The number of hydrogen-bond acceptors (Lipinski definition) is 7. The molecular weight excluding hydrogens is 412 g/mol. The second kappa shape index (κ2) is 10.6. The second-order valence-corrected chi connectivity index (χ2v) is 8.11. The lowest BCUT2D eigenvalue weighted by Crippen LogP contribution is -2.38. The van der Waals surface area contributed by atoms with Crippen molar-refractivity contribution in [3.05, 3.63) is 49.4 Å². The van der Waals surface area contributed by atoms with E-state index in [1.54, 1.807) is 19.2 Å². The van der Waals surface area contributed by atoms with Crippen LogP contribution in [0.1, 0.15) is 18.9 Å². The zero-order chi connectivity index (χ0) is 22.2. The van der Waals surface area contributed by atoms with Crippen LogP contribution in [0.2, 0.25) is 0 Å². The van der Waals surface area contributed by atoms with Crippen molar-refractivity contribution in [3.63, 3.8) is 0 Å².